The summed E-state index contributed by atoms with van der Waals surface area (Å²) in [5.41, 5.74) is 4.75. The lowest BCUT2D eigenvalue weighted by molar-refractivity contribution is 0.879. The molecule has 0 bridgehead atoms. The van der Waals surface area contributed by atoms with Gasteiger partial charge in [0.1, 0.15) is 5.82 Å². The molecule has 3 rings (SSSR count). The summed E-state index contributed by atoms with van der Waals surface area (Å²) in [6.45, 7) is 0. The third-order valence-corrected chi connectivity index (χ3v) is 4.29. The molecular formula is C16H20N4S. The topological polar surface area (TPSA) is 41.1 Å². The van der Waals surface area contributed by atoms with Crippen molar-refractivity contribution in [1.82, 2.24) is 9.97 Å². The lowest BCUT2D eigenvalue weighted by Crippen LogP contribution is -2.08. The summed E-state index contributed by atoms with van der Waals surface area (Å²) >= 11 is 1.60. The van der Waals surface area contributed by atoms with Crippen molar-refractivity contribution in [3.05, 3.63) is 35.5 Å². The number of hydrogen-bond acceptors (Lipinski definition) is 5. The monoisotopic (exact) mass is 300 g/mol. The third-order valence-electron chi connectivity index (χ3n) is 3.74. The van der Waals surface area contributed by atoms with Crippen LogP contribution in [-0.2, 0) is 12.8 Å². The van der Waals surface area contributed by atoms with E-state index in [-0.39, 0.29) is 0 Å². The van der Waals surface area contributed by atoms with E-state index in [0.29, 0.717) is 0 Å². The summed E-state index contributed by atoms with van der Waals surface area (Å²) in [6.07, 6.45) is 5.34. The number of anilines is 3. The standard InChI is InChI=1S/C16H20N4S/c1-20(2)12-9-7-11(8-10-12)17-15-13-5-4-6-14(13)18-16(19-15)21-3/h7-10H,4-6H2,1-3H3,(H,17,18,19). The first-order valence-electron chi connectivity index (χ1n) is 7.15. The molecule has 1 aromatic heterocycles. The quantitative estimate of drug-likeness (QED) is 0.691. The Morgan fingerprint density at radius 1 is 1.10 bits per heavy atom. The highest BCUT2D eigenvalue weighted by atomic mass is 32.2. The van der Waals surface area contributed by atoms with Crippen LogP contribution in [0.25, 0.3) is 0 Å². The minimum absolute atomic E-state index is 0.850. The molecule has 0 atom stereocenters. The van der Waals surface area contributed by atoms with Crippen molar-refractivity contribution in [2.24, 2.45) is 0 Å². The lowest BCUT2D eigenvalue weighted by Gasteiger charge is -2.14. The normalized spacial score (nSPS) is 13.1. The highest BCUT2D eigenvalue weighted by Gasteiger charge is 2.19. The second-order valence-electron chi connectivity index (χ2n) is 5.40. The molecule has 0 radical (unpaired) electrons. The van der Waals surface area contributed by atoms with Crippen LogP contribution in [0.15, 0.2) is 29.4 Å². The molecule has 5 heteroatoms. The Labute approximate surface area is 130 Å². The van der Waals surface area contributed by atoms with E-state index in [1.807, 2.05) is 20.4 Å². The molecule has 0 saturated heterocycles. The predicted molar refractivity (Wildman–Crippen MR) is 89.9 cm³/mol. The van der Waals surface area contributed by atoms with Crippen molar-refractivity contribution in [2.75, 3.05) is 30.6 Å². The SMILES string of the molecule is CSc1nc2c(c(Nc3ccc(N(C)C)cc3)n1)CCC2. The second kappa shape index (κ2) is 5.93. The number of benzene rings is 1. The zero-order valence-electron chi connectivity index (χ0n) is 12.7. The van der Waals surface area contributed by atoms with Crippen molar-refractivity contribution in [2.45, 2.75) is 24.4 Å². The van der Waals surface area contributed by atoms with Crippen LogP contribution < -0.4 is 10.2 Å². The van der Waals surface area contributed by atoms with E-state index in [1.54, 1.807) is 11.8 Å². The predicted octanol–water partition coefficient (Wildman–Crippen LogP) is 3.50. The van der Waals surface area contributed by atoms with Crippen molar-refractivity contribution < 1.29 is 0 Å². The van der Waals surface area contributed by atoms with Crippen molar-refractivity contribution in [1.29, 1.82) is 0 Å². The van der Waals surface area contributed by atoms with Crippen LogP contribution in [0.1, 0.15) is 17.7 Å². The number of rotatable bonds is 4. The highest BCUT2D eigenvalue weighted by molar-refractivity contribution is 7.98. The summed E-state index contributed by atoms with van der Waals surface area (Å²) < 4.78 is 0. The van der Waals surface area contributed by atoms with Gasteiger partial charge in [0.25, 0.3) is 0 Å². The molecule has 1 N–H and O–H groups in total. The van der Waals surface area contributed by atoms with E-state index in [2.05, 4.69) is 44.5 Å². The van der Waals surface area contributed by atoms with Gasteiger partial charge < -0.3 is 10.2 Å². The number of aryl methyl sites for hydroxylation is 1. The van der Waals surface area contributed by atoms with Gasteiger partial charge in [-0.05, 0) is 49.8 Å². The van der Waals surface area contributed by atoms with Gasteiger partial charge in [0.15, 0.2) is 5.16 Å². The molecule has 4 nitrogen and oxygen atoms in total. The molecule has 2 aromatic rings. The van der Waals surface area contributed by atoms with Gasteiger partial charge in [-0.25, -0.2) is 9.97 Å². The molecule has 0 fully saturated rings. The summed E-state index contributed by atoms with van der Waals surface area (Å²) in [6, 6.07) is 8.41. The van der Waals surface area contributed by atoms with Gasteiger partial charge >= 0.3 is 0 Å². The number of fused-ring (bicyclic) bond motifs is 1. The average molecular weight is 300 g/mol. The van der Waals surface area contributed by atoms with Gasteiger partial charge in [-0.2, -0.15) is 0 Å². The Morgan fingerprint density at radius 3 is 2.52 bits per heavy atom. The van der Waals surface area contributed by atoms with Gasteiger partial charge in [0, 0.05) is 31.0 Å². The van der Waals surface area contributed by atoms with Gasteiger partial charge in [0.05, 0.1) is 5.69 Å². The Morgan fingerprint density at radius 2 is 1.86 bits per heavy atom. The summed E-state index contributed by atoms with van der Waals surface area (Å²) in [5.74, 6) is 0.972. The van der Waals surface area contributed by atoms with Gasteiger partial charge in [-0.3, -0.25) is 0 Å². The van der Waals surface area contributed by atoms with E-state index in [4.69, 9.17) is 0 Å². The first-order valence-corrected chi connectivity index (χ1v) is 8.38. The largest absolute Gasteiger partial charge is 0.378 e. The van der Waals surface area contributed by atoms with Crippen LogP contribution in [-0.4, -0.2) is 30.3 Å². The van der Waals surface area contributed by atoms with Gasteiger partial charge in [0.2, 0.25) is 0 Å². The zero-order valence-corrected chi connectivity index (χ0v) is 13.5. The Balaban J connectivity index is 1.89. The second-order valence-corrected chi connectivity index (χ2v) is 6.18. The van der Waals surface area contributed by atoms with Crippen molar-refractivity contribution in [3.8, 4) is 0 Å². The van der Waals surface area contributed by atoms with Crippen LogP contribution in [0.2, 0.25) is 0 Å². The minimum Gasteiger partial charge on any atom is -0.378 e. The fourth-order valence-electron chi connectivity index (χ4n) is 2.58. The number of hydrogen-bond donors (Lipinski definition) is 1. The molecule has 21 heavy (non-hydrogen) atoms. The van der Waals surface area contributed by atoms with E-state index >= 15 is 0 Å². The van der Waals surface area contributed by atoms with E-state index < -0.39 is 0 Å². The molecule has 0 spiro atoms. The van der Waals surface area contributed by atoms with Crippen LogP contribution in [0.4, 0.5) is 17.2 Å². The third kappa shape index (κ3) is 2.97. The molecule has 1 aromatic carbocycles. The zero-order chi connectivity index (χ0) is 14.8. The first kappa shape index (κ1) is 14.2. The van der Waals surface area contributed by atoms with Crippen LogP contribution in [0.5, 0.6) is 0 Å². The Bertz CT molecular complexity index is 637. The molecule has 110 valence electrons. The maximum absolute atomic E-state index is 4.65. The molecule has 0 saturated carbocycles. The molecule has 1 heterocycles. The maximum atomic E-state index is 4.65. The van der Waals surface area contributed by atoms with Gasteiger partial charge in [-0.1, -0.05) is 11.8 Å². The Kier molecular flexibility index (Phi) is 4.01. The fourth-order valence-corrected chi connectivity index (χ4v) is 2.97. The number of nitrogens with zero attached hydrogens (tertiary/aromatic N) is 3. The van der Waals surface area contributed by atoms with E-state index in [0.717, 1.165) is 29.5 Å². The lowest BCUT2D eigenvalue weighted by atomic mass is 10.2. The fraction of sp³-hybridized carbons (Fsp3) is 0.375. The number of aromatic nitrogens is 2. The summed E-state index contributed by atoms with van der Waals surface area (Å²) in [4.78, 5) is 11.4. The molecule has 0 unspecified atom stereocenters. The molecule has 0 aliphatic heterocycles. The molecule has 1 aliphatic rings. The number of nitrogens with one attached hydrogen (secondary N) is 1. The molecular weight excluding hydrogens is 280 g/mol. The summed E-state index contributed by atoms with van der Waals surface area (Å²) in [7, 11) is 4.09. The van der Waals surface area contributed by atoms with E-state index in [1.165, 1.54) is 23.4 Å². The Hall–Kier alpha value is -1.75. The van der Waals surface area contributed by atoms with Crippen LogP contribution in [0, 0.1) is 0 Å². The van der Waals surface area contributed by atoms with Crippen LogP contribution >= 0.6 is 11.8 Å². The molecule has 0 amide bonds. The summed E-state index contributed by atoms with van der Waals surface area (Å²) in [5, 5.41) is 4.31. The smallest absolute Gasteiger partial charge is 0.189 e. The van der Waals surface area contributed by atoms with Crippen molar-refractivity contribution in [3.63, 3.8) is 0 Å². The van der Waals surface area contributed by atoms with Crippen molar-refractivity contribution >= 4 is 29.0 Å². The minimum atomic E-state index is 0.850. The average Bonchev–Trinajstić information content (AvgIpc) is 2.96. The highest BCUT2D eigenvalue weighted by Crippen LogP contribution is 2.30. The first-order chi connectivity index (χ1) is 10.2. The van der Waals surface area contributed by atoms with Gasteiger partial charge in [-0.15, -0.1) is 0 Å². The van der Waals surface area contributed by atoms with E-state index in [9.17, 15) is 0 Å². The number of thioether (sulfide) groups is 1. The molecule has 1 aliphatic carbocycles. The van der Waals surface area contributed by atoms with Crippen LogP contribution in [0.3, 0.4) is 0 Å². The maximum Gasteiger partial charge on any atom is 0.189 e.